The van der Waals surface area contributed by atoms with E-state index >= 15 is 0 Å². The summed E-state index contributed by atoms with van der Waals surface area (Å²) < 4.78 is 0. The lowest BCUT2D eigenvalue weighted by molar-refractivity contribution is 0.146. The van der Waals surface area contributed by atoms with Gasteiger partial charge in [-0.15, -0.1) is 0 Å². The maximum Gasteiger partial charge on any atom is 0.0540 e. The van der Waals surface area contributed by atoms with E-state index in [1.54, 1.807) is 0 Å². The summed E-state index contributed by atoms with van der Waals surface area (Å²) in [6, 6.07) is 0. The van der Waals surface area contributed by atoms with Crippen LogP contribution < -0.4 is 0 Å². The van der Waals surface area contributed by atoms with E-state index in [2.05, 4.69) is 20.8 Å². The predicted octanol–water partition coefficient (Wildman–Crippen LogP) is 5.85. The molecule has 1 unspecified atom stereocenters. The third kappa shape index (κ3) is 9.72. The molecule has 1 fully saturated rings. The van der Waals surface area contributed by atoms with Crippen LogP contribution in [0.4, 0.5) is 0 Å². The summed E-state index contributed by atoms with van der Waals surface area (Å²) in [5.41, 5.74) is 1.01. The van der Waals surface area contributed by atoms with Crippen molar-refractivity contribution in [2.75, 3.05) is 6.61 Å². The zero-order valence-corrected chi connectivity index (χ0v) is 16.1. The lowest BCUT2D eigenvalue weighted by Gasteiger charge is -2.22. The van der Waals surface area contributed by atoms with Gasteiger partial charge in [-0.2, -0.15) is 0 Å². The molecule has 138 valence electrons. The Morgan fingerprint density at radius 3 is 2.04 bits per heavy atom. The maximum absolute atomic E-state index is 10.1. The Hall–Kier alpha value is -0.0800. The number of unbranched alkanes of at least 4 members (excludes halogenated alkanes) is 4. The van der Waals surface area contributed by atoms with Gasteiger partial charge in [-0.3, -0.25) is 0 Å². The third-order valence-electron chi connectivity index (χ3n) is 6.19. The fraction of sp³-hybridized carbons (Fsp3) is 1.00. The van der Waals surface area contributed by atoms with E-state index in [1.807, 2.05) is 0 Å². The minimum absolute atomic E-state index is 0.0819. The van der Waals surface area contributed by atoms with Crippen molar-refractivity contribution in [3.8, 4) is 0 Å². The highest BCUT2D eigenvalue weighted by Gasteiger charge is 2.40. The van der Waals surface area contributed by atoms with Crippen LogP contribution in [0.25, 0.3) is 0 Å². The Kier molecular flexibility index (Phi) is 9.77. The molecule has 1 saturated carbocycles. The first kappa shape index (κ1) is 21.0. The normalized spacial score (nSPS) is 18.1. The lowest BCUT2D eigenvalue weighted by Crippen LogP contribution is -2.09. The van der Waals surface area contributed by atoms with Crippen LogP contribution in [0, 0.1) is 10.8 Å². The van der Waals surface area contributed by atoms with Crippen LogP contribution in [-0.4, -0.2) is 22.9 Å². The van der Waals surface area contributed by atoms with Gasteiger partial charge in [-0.05, 0) is 55.8 Å². The largest absolute Gasteiger partial charge is 0.396 e. The quantitative estimate of drug-likeness (QED) is 0.371. The van der Waals surface area contributed by atoms with E-state index in [0.717, 1.165) is 19.3 Å². The van der Waals surface area contributed by atoms with Crippen LogP contribution in [0.3, 0.4) is 0 Å². The predicted molar refractivity (Wildman–Crippen MR) is 99.6 cm³/mol. The van der Waals surface area contributed by atoms with Crippen LogP contribution in [0.15, 0.2) is 0 Å². The molecule has 0 radical (unpaired) electrons. The maximum atomic E-state index is 10.1. The van der Waals surface area contributed by atoms with Crippen molar-refractivity contribution in [3.05, 3.63) is 0 Å². The molecule has 2 N–H and O–H groups in total. The van der Waals surface area contributed by atoms with Gasteiger partial charge in [-0.25, -0.2) is 0 Å². The molecule has 0 aromatic heterocycles. The van der Waals surface area contributed by atoms with Crippen LogP contribution in [0.2, 0.25) is 0 Å². The average Bonchev–Trinajstić information content (AvgIpc) is 3.26. The fourth-order valence-electron chi connectivity index (χ4n) is 3.58. The van der Waals surface area contributed by atoms with E-state index in [4.69, 9.17) is 5.11 Å². The Morgan fingerprint density at radius 2 is 1.52 bits per heavy atom. The van der Waals surface area contributed by atoms with Crippen LogP contribution in [0.1, 0.15) is 111 Å². The van der Waals surface area contributed by atoms with E-state index in [-0.39, 0.29) is 6.10 Å². The van der Waals surface area contributed by atoms with Crippen molar-refractivity contribution in [1.82, 2.24) is 0 Å². The molecular weight excluding hydrogens is 284 g/mol. The SMILES string of the molecule is CCC(C)(C)CCCCCC(O)CCCCCC1(CCO)CC1. The van der Waals surface area contributed by atoms with Crippen molar-refractivity contribution in [3.63, 3.8) is 0 Å². The highest BCUT2D eigenvalue weighted by Crippen LogP contribution is 2.52. The van der Waals surface area contributed by atoms with Gasteiger partial charge in [0.15, 0.2) is 0 Å². The molecule has 1 aliphatic carbocycles. The molecule has 0 heterocycles. The summed E-state index contributed by atoms with van der Waals surface area (Å²) in [6.45, 7) is 7.34. The van der Waals surface area contributed by atoms with Crippen molar-refractivity contribution in [2.45, 2.75) is 117 Å². The van der Waals surface area contributed by atoms with Gasteiger partial charge in [0.2, 0.25) is 0 Å². The summed E-state index contributed by atoms with van der Waals surface area (Å²) in [6.07, 6.45) is 16.8. The van der Waals surface area contributed by atoms with Crippen molar-refractivity contribution in [1.29, 1.82) is 0 Å². The Labute approximate surface area is 145 Å². The average molecular weight is 327 g/mol. The first-order chi connectivity index (χ1) is 10.9. The summed E-state index contributed by atoms with van der Waals surface area (Å²) in [5.74, 6) is 0. The molecule has 2 heteroatoms. The molecule has 1 rings (SSSR count). The Bertz CT molecular complexity index is 294. The summed E-state index contributed by atoms with van der Waals surface area (Å²) in [7, 11) is 0. The third-order valence-corrected chi connectivity index (χ3v) is 6.19. The van der Waals surface area contributed by atoms with Crippen molar-refractivity contribution >= 4 is 0 Å². The summed E-state index contributed by atoms with van der Waals surface area (Å²) in [4.78, 5) is 0. The van der Waals surface area contributed by atoms with Crippen LogP contribution >= 0.6 is 0 Å². The van der Waals surface area contributed by atoms with Gasteiger partial charge >= 0.3 is 0 Å². The van der Waals surface area contributed by atoms with E-state index in [1.165, 1.54) is 70.6 Å². The topological polar surface area (TPSA) is 40.5 Å². The number of hydrogen-bond acceptors (Lipinski definition) is 2. The second kappa shape index (κ2) is 10.7. The first-order valence-electron chi connectivity index (χ1n) is 10.2. The molecule has 0 aromatic carbocycles. The molecule has 1 aliphatic rings. The zero-order chi connectivity index (χ0) is 17.2. The standard InChI is InChI=1S/C21H42O2/c1-4-20(2,3)13-9-5-7-11-19(23)12-8-6-10-14-21(15-16-21)17-18-22/h19,22-23H,4-18H2,1-3H3. The molecule has 1 atom stereocenters. The minimum atomic E-state index is -0.0819. The van der Waals surface area contributed by atoms with Gasteiger partial charge in [0.1, 0.15) is 0 Å². The monoisotopic (exact) mass is 326 g/mol. The van der Waals surface area contributed by atoms with Gasteiger partial charge < -0.3 is 10.2 Å². The molecule has 0 aliphatic heterocycles. The molecular formula is C21H42O2. The van der Waals surface area contributed by atoms with Crippen LogP contribution in [0.5, 0.6) is 0 Å². The number of rotatable bonds is 15. The summed E-state index contributed by atoms with van der Waals surface area (Å²) >= 11 is 0. The number of hydrogen-bond donors (Lipinski definition) is 2. The fourth-order valence-corrected chi connectivity index (χ4v) is 3.58. The van der Waals surface area contributed by atoms with Crippen molar-refractivity contribution < 1.29 is 10.2 Å². The van der Waals surface area contributed by atoms with E-state index in [9.17, 15) is 5.11 Å². The molecule has 2 nitrogen and oxygen atoms in total. The second-order valence-electron chi connectivity index (χ2n) is 8.84. The smallest absolute Gasteiger partial charge is 0.0540 e. The zero-order valence-electron chi connectivity index (χ0n) is 16.1. The molecule has 0 bridgehead atoms. The molecule has 0 aromatic rings. The highest BCUT2D eigenvalue weighted by molar-refractivity contribution is 4.92. The highest BCUT2D eigenvalue weighted by atomic mass is 16.3. The second-order valence-corrected chi connectivity index (χ2v) is 8.84. The Balaban J connectivity index is 1.89. The lowest BCUT2D eigenvalue weighted by atomic mass is 9.84. The van der Waals surface area contributed by atoms with Crippen molar-refractivity contribution in [2.24, 2.45) is 10.8 Å². The van der Waals surface area contributed by atoms with E-state index in [0.29, 0.717) is 17.4 Å². The van der Waals surface area contributed by atoms with Gasteiger partial charge in [-0.1, -0.05) is 65.7 Å². The van der Waals surface area contributed by atoms with Crippen LogP contribution in [-0.2, 0) is 0 Å². The molecule has 0 spiro atoms. The van der Waals surface area contributed by atoms with E-state index < -0.39 is 0 Å². The molecule has 0 amide bonds. The first-order valence-corrected chi connectivity index (χ1v) is 10.2. The Morgan fingerprint density at radius 1 is 0.913 bits per heavy atom. The summed E-state index contributed by atoms with van der Waals surface area (Å²) in [5, 5.41) is 19.1. The molecule has 0 saturated heterocycles. The number of aliphatic hydroxyl groups is 2. The minimum Gasteiger partial charge on any atom is -0.396 e. The van der Waals surface area contributed by atoms with Gasteiger partial charge in [0.05, 0.1) is 6.10 Å². The van der Waals surface area contributed by atoms with Gasteiger partial charge in [0, 0.05) is 6.61 Å². The number of aliphatic hydroxyl groups excluding tert-OH is 2. The molecule has 23 heavy (non-hydrogen) atoms. The van der Waals surface area contributed by atoms with Gasteiger partial charge in [0.25, 0.3) is 0 Å².